The second-order valence-electron chi connectivity index (χ2n) is 11.8. The number of imidazole rings is 1. The summed E-state index contributed by atoms with van der Waals surface area (Å²) in [5.74, 6) is -2.88. The molecule has 0 spiro atoms. The Morgan fingerprint density at radius 2 is 1.69 bits per heavy atom. The first-order chi connectivity index (χ1) is 19.2. The molecule has 1 unspecified atom stereocenters. The maximum Gasteiger partial charge on any atom is 0.410 e. The Hall–Kier alpha value is -3.43. The standard InChI is InChI=1S/C26H36ClFN6O7S/c1-25(2,3)40-23(36)33-8-9-34(24(37)41-26(4,5)6)17(12-33)14-42(38,39)31-30-22(35)18-10-16(11-19(27)21(18)28)20-13-32(7)15-29-20/h10-11,13,15,17,31H,8-9,12,14H2,1-7H3,(H,30,35). The monoisotopic (exact) mass is 630 g/mol. The number of rotatable bonds is 6. The van der Waals surface area contributed by atoms with Gasteiger partial charge in [0.15, 0.2) is 5.82 Å². The number of sulfonamides is 1. The lowest BCUT2D eigenvalue weighted by molar-refractivity contribution is -0.0118. The van der Waals surface area contributed by atoms with Crippen LogP contribution in [-0.4, -0.2) is 88.5 Å². The number of nitrogens with one attached hydrogen (secondary N) is 2. The van der Waals surface area contributed by atoms with Gasteiger partial charge in [0.05, 0.1) is 34.4 Å². The lowest BCUT2D eigenvalue weighted by atomic mass is 10.1. The molecule has 1 atom stereocenters. The van der Waals surface area contributed by atoms with E-state index in [2.05, 4.69) is 4.98 Å². The van der Waals surface area contributed by atoms with Crippen molar-refractivity contribution in [2.24, 2.45) is 7.05 Å². The molecule has 1 aliphatic heterocycles. The molecule has 1 saturated heterocycles. The molecule has 16 heteroatoms. The number of hydrogen-bond donors (Lipinski definition) is 2. The first kappa shape index (κ1) is 33.1. The largest absolute Gasteiger partial charge is 0.444 e. The number of piperazine rings is 1. The number of ether oxygens (including phenoxy) is 2. The summed E-state index contributed by atoms with van der Waals surface area (Å²) in [6, 6.07) is 1.43. The summed E-state index contributed by atoms with van der Waals surface area (Å²) in [6.07, 6.45) is 1.71. The van der Waals surface area contributed by atoms with Gasteiger partial charge < -0.3 is 23.8 Å². The van der Waals surface area contributed by atoms with Crippen LogP contribution in [0.1, 0.15) is 51.9 Å². The molecule has 3 rings (SSSR count). The number of amides is 3. The number of aryl methyl sites for hydroxylation is 1. The Bertz CT molecular complexity index is 1450. The van der Waals surface area contributed by atoms with E-state index in [1.165, 1.54) is 28.3 Å². The fraction of sp³-hybridized carbons (Fsp3) is 0.538. The molecule has 1 aromatic carbocycles. The third kappa shape index (κ3) is 9.03. The third-order valence-corrected chi connectivity index (χ3v) is 7.28. The molecule has 0 bridgehead atoms. The Labute approximate surface area is 249 Å². The number of carbonyl (C=O) groups excluding carboxylic acids is 3. The molecule has 2 heterocycles. The van der Waals surface area contributed by atoms with E-state index in [0.29, 0.717) is 11.3 Å². The van der Waals surface area contributed by atoms with Crippen LogP contribution in [0.25, 0.3) is 11.3 Å². The van der Waals surface area contributed by atoms with Gasteiger partial charge in [-0.05, 0) is 53.7 Å². The molecule has 1 fully saturated rings. The quantitative estimate of drug-likeness (QED) is 0.461. The van der Waals surface area contributed by atoms with Crippen molar-refractivity contribution in [3.63, 3.8) is 0 Å². The highest BCUT2D eigenvalue weighted by atomic mass is 35.5. The molecule has 2 aromatic rings. The molecule has 0 aliphatic carbocycles. The van der Waals surface area contributed by atoms with Gasteiger partial charge in [0.1, 0.15) is 11.2 Å². The van der Waals surface area contributed by atoms with Crippen LogP contribution in [-0.2, 0) is 26.5 Å². The van der Waals surface area contributed by atoms with Crippen LogP contribution < -0.4 is 10.3 Å². The van der Waals surface area contributed by atoms with Gasteiger partial charge in [-0.25, -0.2) is 27.4 Å². The van der Waals surface area contributed by atoms with Crippen molar-refractivity contribution in [2.45, 2.75) is 58.8 Å². The first-order valence-corrected chi connectivity index (χ1v) is 15.0. The Morgan fingerprint density at radius 1 is 1.07 bits per heavy atom. The van der Waals surface area contributed by atoms with Crippen molar-refractivity contribution in [1.82, 2.24) is 29.6 Å². The summed E-state index contributed by atoms with van der Waals surface area (Å²) < 4.78 is 53.4. The Balaban J connectivity index is 1.78. The summed E-state index contributed by atoms with van der Waals surface area (Å²) in [7, 11) is -2.61. The summed E-state index contributed by atoms with van der Waals surface area (Å²) in [5, 5.41) is -0.358. The van der Waals surface area contributed by atoms with Crippen LogP contribution in [0.2, 0.25) is 5.02 Å². The topological polar surface area (TPSA) is 152 Å². The van der Waals surface area contributed by atoms with Crippen molar-refractivity contribution < 1.29 is 36.7 Å². The molecule has 3 amide bonds. The summed E-state index contributed by atoms with van der Waals surface area (Å²) in [6.45, 7) is 9.96. The van der Waals surface area contributed by atoms with E-state index in [4.69, 9.17) is 21.1 Å². The van der Waals surface area contributed by atoms with Gasteiger partial charge in [0.25, 0.3) is 5.91 Å². The molecular formula is C26H36ClFN6O7S. The van der Waals surface area contributed by atoms with Gasteiger partial charge in [-0.1, -0.05) is 11.6 Å². The van der Waals surface area contributed by atoms with Crippen molar-refractivity contribution in [3.05, 3.63) is 41.1 Å². The van der Waals surface area contributed by atoms with Gasteiger partial charge >= 0.3 is 12.2 Å². The number of halogens is 2. The minimum Gasteiger partial charge on any atom is -0.444 e. The van der Waals surface area contributed by atoms with E-state index in [1.54, 1.807) is 59.4 Å². The predicted octanol–water partition coefficient (Wildman–Crippen LogP) is 3.30. The average molecular weight is 631 g/mol. The summed E-state index contributed by atoms with van der Waals surface area (Å²) in [5.41, 5.74) is 0.579. The number of hydrogen-bond acceptors (Lipinski definition) is 8. The summed E-state index contributed by atoms with van der Waals surface area (Å²) >= 11 is 5.99. The maximum atomic E-state index is 14.8. The van der Waals surface area contributed by atoms with E-state index in [9.17, 15) is 27.2 Å². The molecule has 0 saturated carbocycles. The molecule has 1 aliphatic rings. The van der Waals surface area contributed by atoms with Crippen molar-refractivity contribution in [3.8, 4) is 11.3 Å². The van der Waals surface area contributed by atoms with Crippen LogP contribution in [0, 0.1) is 5.82 Å². The molecule has 2 N–H and O–H groups in total. The second kappa shape index (κ2) is 12.4. The van der Waals surface area contributed by atoms with Crippen LogP contribution in [0.5, 0.6) is 0 Å². The number of carbonyl (C=O) groups is 3. The highest BCUT2D eigenvalue weighted by Gasteiger charge is 2.39. The second-order valence-corrected chi connectivity index (χ2v) is 14.0. The number of nitrogens with zero attached hydrogens (tertiary/aromatic N) is 4. The average Bonchev–Trinajstić information content (AvgIpc) is 3.28. The van der Waals surface area contributed by atoms with Crippen LogP contribution in [0.3, 0.4) is 0 Å². The highest BCUT2D eigenvalue weighted by Crippen LogP contribution is 2.27. The molecule has 42 heavy (non-hydrogen) atoms. The van der Waals surface area contributed by atoms with Crippen LogP contribution >= 0.6 is 11.6 Å². The molecule has 232 valence electrons. The van der Waals surface area contributed by atoms with Gasteiger partial charge in [-0.15, -0.1) is 4.83 Å². The lowest BCUT2D eigenvalue weighted by Gasteiger charge is -2.41. The van der Waals surface area contributed by atoms with Crippen molar-refractivity contribution in [2.75, 3.05) is 25.4 Å². The minimum atomic E-state index is -4.34. The molecule has 0 radical (unpaired) electrons. The van der Waals surface area contributed by atoms with Gasteiger partial charge in [0.2, 0.25) is 10.0 Å². The zero-order valence-electron chi connectivity index (χ0n) is 24.5. The fourth-order valence-corrected chi connectivity index (χ4v) is 5.34. The zero-order chi connectivity index (χ0) is 31.6. The van der Waals surface area contributed by atoms with Crippen molar-refractivity contribution >= 4 is 39.7 Å². The summed E-state index contributed by atoms with van der Waals surface area (Å²) in [4.78, 5) is 47.0. The Morgan fingerprint density at radius 3 is 2.26 bits per heavy atom. The van der Waals surface area contributed by atoms with E-state index >= 15 is 0 Å². The third-order valence-electron chi connectivity index (χ3n) is 5.77. The van der Waals surface area contributed by atoms with E-state index in [0.717, 1.165) is 0 Å². The molecular weight excluding hydrogens is 595 g/mol. The highest BCUT2D eigenvalue weighted by molar-refractivity contribution is 7.89. The number of hydrazine groups is 1. The maximum absolute atomic E-state index is 14.8. The number of benzene rings is 1. The van der Waals surface area contributed by atoms with Crippen molar-refractivity contribution in [1.29, 1.82) is 0 Å². The SMILES string of the molecule is Cn1cnc(-c2cc(Cl)c(F)c(C(=O)NNS(=O)(=O)CC3CN(C(=O)OC(C)(C)C)CCN3C(=O)OC(C)(C)C)c2)c1. The van der Waals surface area contributed by atoms with E-state index in [-0.39, 0.29) is 24.7 Å². The fourth-order valence-electron chi connectivity index (χ4n) is 4.00. The van der Waals surface area contributed by atoms with Crippen LogP contribution in [0.15, 0.2) is 24.7 Å². The van der Waals surface area contributed by atoms with Gasteiger partial charge in [-0.2, -0.15) is 0 Å². The first-order valence-electron chi connectivity index (χ1n) is 13.0. The predicted molar refractivity (Wildman–Crippen MR) is 153 cm³/mol. The smallest absolute Gasteiger partial charge is 0.410 e. The Kier molecular flexibility index (Phi) is 9.79. The van der Waals surface area contributed by atoms with E-state index < -0.39 is 62.5 Å². The molecule has 1 aromatic heterocycles. The zero-order valence-corrected chi connectivity index (χ0v) is 26.1. The normalized spacial score (nSPS) is 16.3. The van der Waals surface area contributed by atoms with E-state index in [1.807, 2.05) is 10.3 Å². The number of aromatic nitrogens is 2. The van der Waals surface area contributed by atoms with Crippen LogP contribution in [0.4, 0.5) is 14.0 Å². The molecule has 13 nitrogen and oxygen atoms in total. The minimum absolute atomic E-state index is 0.0231. The lowest BCUT2D eigenvalue weighted by Crippen LogP contribution is -2.60. The van der Waals surface area contributed by atoms with Gasteiger partial charge in [-0.3, -0.25) is 10.2 Å². The van der Waals surface area contributed by atoms with Gasteiger partial charge in [0, 0.05) is 38.4 Å².